The summed E-state index contributed by atoms with van der Waals surface area (Å²) >= 11 is 6.23. The zero-order valence-corrected chi connectivity index (χ0v) is 19.3. The number of ether oxygens (including phenoxy) is 2. The molecule has 2 aliphatic heterocycles. The van der Waals surface area contributed by atoms with E-state index in [0.717, 1.165) is 38.7 Å². The molecule has 0 aliphatic carbocycles. The molecule has 0 spiro atoms. The third-order valence-electron chi connectivity index (χ3n) is 5.70. The van der Waals surface area contributed by atoms with Crippen molar-refractivity contribution in [3.05, 3.63) is 53.1 Å². The van der Waals surface area contributed by atoms with Crippen LogP contribution in [0, 0.1) is 0 Å². The first-order valence-corrected chi connectivity index (χ1v) is 12.7. The zero-order chi connectivity index (χ0) is 22.6. The van der Waals surface area contributed by atoms with Crippen molar-refractivity contribution >= 4 is 33.2 Å². The van der Waals surface area contributed by atoms with Gasteiger partial charge in [-0.2, -0.15) is 4.31 Å². The zero-order valence-electron chi connectivity index (χ0n) is 17.8. The highest BCUT2D eigenvalue weighted by Crippen LogP contribution is 2.30. The van der Waals surface area contributed by atoms with E-state index in [0.29, 0.717) is 36.7 Å². The van der Waals surface area contributed by atoms with Gasteiger partial charge in [-0.25, -0.2) is 8.42 Å². The van der Waals surface area contributed by atoms with Gasteiger partial charge in [0.15, 0.2) is 0 Å². The Hall–Kier alpha value is -2.13. The van der Waals surface area contributed by atoms with Crippen LogP contribution in [0.2, 0.25) is 5.02 Å². The summed E-state index contributed by atoms with van der Waals surface area (Å²) in [4.78, 5) is 13.0. The fourth-order valence-corrected chi connectivity index (χ4v) is 5.98. The summed E-state index contributed by atoms with van der Waals surface area (Å²) in [6.07, 6.45) is 4.66. The largest absolute Gasteiger partial charge is 0.490 e. The summed E-state index contributed by atoms with van der Waals surface area (Å²) in [5, 5.41) is 2.91. The molecule has 7 nitrogen and oxygen atoms in total. The van der Waals surface area contributed by atoms with Gasteiger partial charge in [-0.3, -0.25) is 4.79 Å². The smallest absolute Gasteiger partial charge is 0.259 e. The Morgan fingerprint density at radius 2 is 1.91 bits per heavy atom. The molecule has 0 bridgehead atoms. The predicted molar refractivity (Wildman–Crippen MR) is 123 cm³/mol. The number of sulfonamides is 1. The third kappa shape index (κ3) is 5.26. The third-order valence-corrected chi connectivity index (χ3v) is 8.08. The molecule has 2 saturated heterocycles. The predicted octanol–water partition coefficient (Wildman–Crippen LogP) is 4.32. The monoisotopic (exact) mass is 478 g/mol. The first-order valence-electron chi connectivity index (χ1n) is 10.9. The van der Waals surface area contributed by atoms with E-state index in [2.05, 4.69) is 5.32 Å². The number of rotatable bonds is 7. The molecule has 0 saturated carbocycles. The molecule has 2 aromatic rings. The van der Waals surface area contributed by atoms with Crippen molar-refractivity contribution in [2.24, 2.45) is 0 Å². The van der Waals surface area contributed by atoms with Gasteiger partial charge in [-0.1, -0.05) is 30.2 Å². The normalized spacial score (nSPS) is 19.6. The Bertz CT molecular complexity index is 1060. The number of para-hydroxylation sites is 1. The topological polar surface area (TPSA) is 84.9 Å². The molecule has 9 heteroatoms. The van der Waals surface area contributed by atoms with Gasteiger partial charge in [0.25, 0.3) is 5.91 Å². The Balaban J connectivity index is 1.51. The fourth-order valence-electron chi connectivity index (χ4n) is 3.96. The van der Waals surface area contributed by atoms with Crippen LogP contribution in [0.4, 0.5) is 5.69 Å². The number of amides is 1. The highest BCUT2D eigenvalue weighted by molar-refractivity contribution is 7.89. The Labute approximate surface area is 193 Å². The van der Waals surface area contributed by atoms with Crippen LogP contribution >= 0.6 is 11.6 Å². The van der Waals surface area contributed by atoms with Crippen LogP contribution < -0.4 is 10.1 Å². The molecule has 2 heterocycles. The average Bonchev–Trinajstić information content (AvgIpc) is 3.33. The molecule has 1 unspecified atom stereocenters. The maximum absolute atomic E-state index is 13.1. The highest BCUT2D eigenvalue weighted by atomic mass is 35.5. The number of anilines is 1. The number of piperidine rings is 1. The number of benzene rings is 2. The van der Waals surface area contributed by atoms with E-state index in [1.165, 1.54) is 16.4 Å². The maximum Gasteiger partial charge on any atom is 0.259 e. The lowest BCUT2D eigenvalue weighted by molar-refractivity contribution is 0.0673. The van der Waals surface area contributed by atoms with E-state index >= 15 is 0 Å². The number of hydrogen-bond acceptors (Lipinski definition) is 5. The Morgan fingerprint density at radius 3 is 2.66 bits per heavy atom. The second kappa shape index (κ2) is 10.2. The number of carbonyl (C=O) groups is 1. The lowest BCUT2D eigenvalue weighted by Gasteiger charge is -2.26. The van der Waals surface area contributed by atoms with Crippen molar-refractivity contribution in [2.45, 2.75) is 43.1 Å². The molecular weight excluding hydrogens is 452 g/mol. The van der Waals surface area contributed by atoms with Crippen LogP contribution in [0.5, 0.6) is 5.75 Å². The maximum atomic E-state index is 13.1. The van der Waals surface area contributed by atoms with Gasteiger partial charge in [0.2, 0.25) is 10.0 Å². The highest BCUT2D eigenvalue weighted by Gasteiger charge is 2.28. The van der Waals surface area contributed by atoms with Crippen LogP contribution in [0.1, 0.15) is 42.5 Å². The van der Waals surface area contributed by atoms with E-state index in [1.54, 1.807) is 30.3 Å². The van der Waals surface area contributed by atoms with Gasteiger partial charge in [0, 0.05) is 25.4 Å². The van der Waals surface area contributed by atoms with Crippen LogP contribution in [0.25, 0.3) is 0 Å². The minimum Gasteiger partial charge on any atom is -0.490 e. The van der Waals surface area contributed by atoms with Crippen LogP contribution in [-0.2, 0) is 14.8 Å². The molecule has 0 radical (unpaired) electrons. The van der Waals surface area contributed by atoms with Gasteiger partial charge < -0.3 is 14.8 Å². The average molecular weight is 479 g/mol. The second-order valence-corrected chi connectivity index (χ2v) is 10.3. The molecule has 2 fully saturated rings. The fraction of sp³-hybridized carbons (Fsp3) is 0.435. The van der Waals surface area contributed by atoms with Crippen molar-refractivity contribution in [1.82, 2.24) is 4.31 Å². The minimum atomic E-state index is -3.73. The molecule has 1 atom stereocenters. The standard InChI is InChI=1S/C23H27ClN2O5S/c24-20-11-10-17(15-22(20)32(28,29)26-12-4-1-5-13-26)25-23(27)19-8-2-3-9-21(19)31-16-18-7-6-14-30-18/h2-3,8-11,15,18H,1,4-7,12-14,16H2,(H,25,27). The lowest BCUT2D eigenvalue weighted by Crippen LogP contribution is -2.35. The molecule has 1 amide bonds. The molecule has 172 valence electrons. The second-order valence-electron chi connectivity index (χ2n) is 8.01. The molecule has 0 aromatic heterocycles. The van der Waals surface area contributed by atoms with E-state index in [1.807, 2.05) is 0 Å². The first kappa shape index (κ1) is 23.0. The van der Waals surface area contributed by atoms with Crippen molar-refractivity contribution < 1.29 is 22.7 Å². The van der Waals surface area contributed by atoms with Gasteiger partial charge in [-0.15, -0.1) is 0 Å². The van der Waals surface area contributed by atoms with Crippen molar-refractivity contribution in [3.63, 3.8) is 0 Å². The summed E-state index contributed by atoms with van der Waals surface area (Å²) in [5.74, 6) is 0.0622. The quantitative estimate of drug-likeness (QED) is 0.640. The Morgan fingerprint density at radius 1 is 1.12 bits per heavy atom. The van der Waals surface area contributed by atoms with Crippen LogP contribution in [-0.4, -0.2) is 51.0 Å². The summed E-state index contributed by atoms with van der Waals surface area (Å²) < 4.78 is 39.0. The van der Waals surface area contributed by atoms with Crippen LogP contribution in [0.3, 0.4) is 0 Å². The lowest BCUT2D eigenvalue weighted by atomic mass is 10.1. The minimum absolute atomic E-state index is 0.00165. The molecule has 2 aliphatic rings. The summed E-state index contributed by atoms with van der Waals surface area (Å²) in [6, 6.07) is 11.5. The van der Waals surface area contributed by atoms with E-state index in [-0.39, 0.29) is 16.0 Å². The van der Waals surface area contributed by atoms with E-state index < -0.39 is 15.9 Å². The SMILES string of the molecule is O=C(Nc1ccc(Cl)c(S(=O)(=O)N2CCCCC2)c1)c1ccccc1OCC1CCCO1. The number of nitrogens with one attached hydrogen (secondary N) is 1. The number of halogens is 1. The molecule has 32 heavy (non-hydrogen) atoms. The number of carbonyl (C=O) groups excluding carboxylic acids is 1. The van der Waals surface area contributed by atoms with Gasteiger partial charge in [0.05, 0.1) is 16.7 Å². The molecular formula is C23H27ClN2O5S. The van der Waals surface area contributed by atoms with Gasteiger partial charge in [-0.05, 0) is 56.0 Å². The summed E-state index contributed by atoms with van der Waals surface area (Å²) in [7, 11) is -3.73. The Kier molecular flexibility index (Phi) is 7.35. The summed E-state index contributed by atoms with van der Waals surface area (Å²) in [5.41, 5.74) is 0.713. The van der Waals surface area contributed by atoms with Crippen LogP contribution in [0.15, 0.2) is 47.4 Å². The molecule has 2 aromatic carbocycles. The van der Waals surface area contributed by atoms with Crippen molar-refractivity contribution in [1.29, 1.82) is 0 Å². The number of hydrogen-bond donors (Lipinski definition) is 1. The van der Waals surface area contributed by atoms with Crippen molar-refractivity contribution in [2.75, 3.05) is 31.6 Å². The van der Waals surface area contributed by atoms with E-state index in [4.69, 9.17) is 21.1 Å². The van der Waals surface area contributed by atoms with Crippen molar-refractivity contribution in [3.8, 4) is 5.75 Å². The summed E-state index contributed by atoms with van der Waals surface area (Å²) in [6.45, 7) is 2.06. The van der Waals surface area contributed by atoms with E-state index in [9.17, 15) is 13.2 Å². The molecule has 4 rings (SSSR count). The number of nitrogens with zero attached hydrogens (tertiary/aromatic N) is 1. The molecule has 1 N–H and O–H groups in total. The first-order chi connectivity index (χ1) is 15.4. The van der Waals surface area contributed by atoms with Gasteiger partial charge in [0.1, 0.15) is 17.3 Å². The van der Waals surface area contributed by atoms with Gasteiger partial charge >= 0.3 is 0 Å².